The molecule has 4 rings (SSSR count). The summed E-state index contributed by atoms with van der Waals surface area (Å²) in [6.07, 6.45) is 2.43. The number of fused-ring (bicyclic) bond motifs is 3. The summed E-state index contributed by atoms with van der Waals surface area (Å²) in [5, 5.41) is 0.869. The molecule has 1 saturated heterocycles. The van der Waals surface area contributed by atoms with Crippen molar-refractivity contribution in [1.82, 2.24) is 14.9 Å². The van der Waals surface area contributed by atoms with Crippen LogP contribution < -0.4 is 11.3 Å². The topological polar surface area (TPSA) is 105 Å². The lowest BCUT2D eigenvalue weighted by Crippen LogP contribution is -2.22. The molecule has 0 spiro atoms. The van der Waals surface area contributed by atoms with Gasteiger partial charge < -0.3 is 15.1 Å². The number of nitrogens with zero attached hydrogens (tertiary/aromatic N) is 2. The molecule has 3 heterocycles. The molecule has 2 aromatic heterocycles. The van der Waals surface area contributed by atoms with E-state index in [9.17, 15) is 9.59 Å². The number of rotatable bonds is 2. The molecule has 1 fully saturated rings. The quantitative estimate of drug-likeness (QED) is 0.679. The van der Waals surface area contributed by atoms with E-state index < -0.39 is 0 Å². The van der Waals surface area contributed by atoms with E-state index in [1.165, 1.54) is 19.8 Å². The first-order chi connectivity index (χ1) is 11.9. The van der Waals surface area contributed by atoms with Crippen LogP contribution in [0.1, 0.15) is 25.6 Å². The zero-order valence-corrected chi connectivity index (χ0v) is 15.4. The second-order valence-electron chi connectivity index (χ2n) is 6.03. The minimum atomic E-state index is -0.333. The van der Waals surface area contributed by atoms with Crippen molar-refractivity contribution in [3.05, 3.63) is 38.9 Å². The van der Waals surface area contributed by atoms with Crippen LogP contribution in [0.25, 0.3) is 22.1 Å². The molecule has 7 nitrogen and oxygen atoms in total. The lowest BCUT2D eigenvalue weighted by molar-refractivity contribution is -0.115. The SMILES string of the molecule is CC(N)=O.O=c1[nH]c(CN2CCCC2)nc2c1oc1ccc(Br)cc12. The normalized spacial score (nSPS) is 14.6. The number of likely N-dealkylation sites (tertiary alicyclic amines) is 1. The van der Waals surface area contributed by atoms with E-state index in [1.54, 1.807) is 0 Å². The number of nitrogens with two attached hydrogens (primary N) is 1. The monoisotopic (exact) mass is 406 g/mol. The van der Waals surface area contributed by atoms with E-state index in [2.05, 4.69) is 36.5 Å². The number of H-pyrrole nitrogens is 1. The van der Waals surface area contributed by atoms with Gasteiger partial charge in [-0.2, -0.15) is 0 Å². The van der Waals surface area contributed by atoms with Crippen LogP contribution in [-0.2, 0) is 11.3 Å². The number of hydrogen-bond acceptors (Lipinski definition) is 5. The molecule has 1 amide bonds. The molecular formula is C17H19BrN4O3. The van der Waals surface area contributed by atoms with Gasteiger partial charge in [0.2, 0.25) is 11.5 Å². The van der Waals surface area contributed by atoms with E-state index >= 15 is 0 Å². The van der Waals surface area contributed by atoms with Gasteiger partial charge in [-0.05, 0) is 44.1 Å². The van der Waals surface area contributed by atoms with Crippen molar-refractivity contribution in [2.24, 2.45) is 5.73 Å². The van der Waals surface area contributed by atoms with Crippen LogP contribution in [-0.4, -0.2) is 33.9 Å². The molecule has 0 bridgehead atoms. The van der Waals surface area contributed by atoms with Gasteiger partial charge in [0.15, 0.2) is 0 Å². The maximum atomic E-state index is 12.2. The van der Waals surface area contributed by atoms with Gasteiger partial charge in [0.05, 0.1) is 6.54 Å². The number of carbonyl (C=O) groups excluding carboxylic acids is 1. The lowest BCUT2D eigenvalue weighted by atomic mass is 10.2. The Morgan fingerprint density at radius 3 is 2.76 bits per heavy atom. The van der Waals surface area contributed by atoms with Crippen molar-refractivity contribution in [3.8, 4) is 0 Å². The van der Waals surface area contributed by atoms with E-state index in [0.717, 1.165) is 22.9 Å². The van der Waals surface area contributed by atoms with Crippen LogP contribution >= 0.6 is 15.9 Å². The van der Waals surface area contributed by atoms with Gasteiger partial charge in [-0.15, -0.1) is 0 Å². The van der Waals surface area contributed by atoms with Gasteiger partial charge in [-0.25, -0.2) is 4.98 Å². The molecule has 8 heteroatoms. The lowest BCUT2D eigenvalue weighted by Gasteiger charge is -2.12. The molecule has 1 aromatic carbocycles. The number of aromatic amines is 1. The molecule has 0 saturated carbocycles. The number of furan rings is 1. The number of primary amides is 1. The molecule has 1 aliphatic heterocycles. The summed E-state index contributed by atoms with van der Waals surface area (Å²) in [7, 11) is 0. The summed E-state index contributed by atoms with van der Waals surface area (Å²) in [5.74, 6) is 0.372. The predicted octanol–water partition coefficient (Wildman–Crippen LogP) is 2.52. The Balaban J connectivity index is 0.000000415. The fourth-order valence-electron chi connectivity index (χ4n) is 2.90. The van der Waals surface area contributed by atoms with Gasteiger partial charge in [0, 0.05) is 16.8 Å². The van der Waals surface area contributed by atoms with Crippen LogP contribution in [0.15, 0.2) is 31.9 Å². The van der Waals surface area contributed by atoms with E-state index in [0.29, 0.717) is 29.1 Å². The number of benzene rings is 1. The summed E-state index contributed by atoms with van der Waals surface area (Å²) in [6, 6.07) is 5.68. The van der Waals surface area contributed by atoms with Gasteiger partial charge in [0.1, 0.15) is 16.9 Å². The third-order valence-electron chi connectivity index (χ3n) is 3.91. The second-order valence-corrected chi connectivity index (χ2v) is 6.94. The maximum absolute atomic E-state index is 12.2. The van der Waals surface area contributed by atoms with Crippen molar-refractivity contribution < 1.29 is 9.21 Å². The largest absolute Gasteiger partial charge is 0.449 e. The highest BCUT2D eigenvalue weighted by molar-refractivity contribution is 9.10. The highest BCUT2D eigenvalue weighted by Gasteiger charge is 2.17. The maximum Gasteiger partial charge on any atom is 0.294 e. The van der Waals surface area contributed by atoms with Gasteiger partial charge in [0.25, 0.3) is 5.56 Å². The number of carbonyl (C=O) groups is 1. The van der Waals surface area contributed by atoms with E-state index in [-0.39, 0.29) is 11.5 Å². The second kappa shape index (κ2) is 7.37. The number of hydrogen-bond donors (Lipinski definition) is 2. The van der Waals surface area contributed by atoms with Crippen LogP contribution in [0.4, 0.5) is 0 Å². The summed E-state index contributed by atoms with van der Waals surface area (Å²) >= 11 is 3.45. The van der Waals surface area contributed by atoms with Crippen molar-refractivity contribution in [3.63, 3.8) is 0 Å². The molecule has 3 aromatic rings. The van der Waals surface area contributed by atoms with Crippen LogP contribution in [0, 0.1) is 0 Å². The van der Waals surface area contributed by atoms with Crippen molar-refractivity contribution in [2.75, 3.05) is 13.1 Å². The number of amides is 1. The molecule has 132 valence electrons. The Hall–Kier alpha value is -2.19. The van der Waals surface area contributed by atoms with E-state index in [1.807, 2.05) is 18.2 Å². The summed E-state index contributed by atoms with van der Waals surface area (Å²) in [4.78, 5) is 31.2. The molecule has 1 aliphatic rings. The Morgan fingerprint density at radius 1 is 1.40 bits per heavy atom. The standard InChI is InChI=1S/C15H14BrN3O2.C2H5NO/c16-9-3-4-11-10(7-9)13-14(21-11)15(20)18-12(17-13)8-19-5-1-2-6-19;1-2(3)4/h3-4,7H,1-2,5-6,8H2,(H,17,18,20);1H3,(H2,3,4). The minimum absolute atomic E-state index is 0.207. The highest BCUT2D eigenvalue weighted by Crippen LogP contribution is 2.27. The fourth-order valence-corrected chi connectivity index (χ4v) is 3.26. The molecule has 25 heavy (non-hydrogen) atoms. The average molecular weight is 407 g/mol. The molecule has 0 unspecified atom stereocenters. The number of halogens is 1. The van der Waals surface area contributed by atoms with Gasteiger partial charge in [-0.3, -0.25) is 14.5 Å². The summed E-state index contributed by atoms with van der Waals surface area (Å²) in [5.41, 5.74) is 5.89. The minimum Gasteiger partial charge on any atom is -0.449 e. The Labute approximate surface area is 152 Å². The van der Waals surface area contributed by atoms with Gasteiger partial charge in [-0.1, -0.05) is 15.9 Å². The Kier molecular flexibility index (Phi) is 5.19. The van der Waals surface area contributed by atoms with Crippen LogP contribution in [0.5, 0.6) is 0 Å². The van der Waals surface area contributed by atoms with Crippen molar-refractivity contribution >= 4 is 43.9 Å². The smallest absolute Gasteiger partial charge is 0.294 e. The third-order valence-corrected chi connectivity index (χ3v) is 4.40. The zero-order valence-electron chi connectivity index (χ0n) is 13.8. The molecular weight excluding hydrogens is 388 g/mol. The summed E-state index contributed by atoms with van der Waals surface area (Å²) < 4.78 is 6.57. The first kappa shape index (κ1) is 17.6. The third kappa shape index (κ3) is 4.08. The number of nitrogens with one attached hydrogen (secondary N) is 1. The molecule has 0 aliphatic carbocycles. The molecule has 0 atom stereocenters. The molecule has 0 radical (unpaired) electrons. The van der Waals surface area contributed by atoms with E-state index in [4.69, 9.17) is 4.42 Å². The Morgan fingerprint density at radius 2 is 2.08 bits per heavy atom. The molecule has 3 N–H and O–H groups in total. The van der Waals surface area contributed by atoms with Crippen LogP contribution in [0.3, 0.4) is 0 Å². The fraction of sp³-hybridized carbons (Fsp3) is 0.353. The predicted molar refractivity (Wildman–Crippen MR) is 99.2 cm³/mol. The van der Waals surface area contributed by atoms with Crippen molar-refractivity contribution in [2.45, 2.75) is 26.3 Å². The Bertz CT molecular complexity index is 969. The zero-order chi connectivity index (χ0) is 18.0. The van der Waals surface area contributed by atoms with Crippen molar-refractivity contribution in [1.29, 1.82) is 0 Å². The first-order valence-corrected chi connectivity index (χ1v) is 8.82. The number of aromatic nitrogens is 2. The highest BCUT2D eigenvalue weighted by atomic mass is 79.9. The average Bonchev–Trinajstić information content (AvgIpc) is 3.15. The van der Waals surface area contributed by atoms with Gasteiger partial charge >= 0.3 is 0 Å². The summed E-state index contributed by atoms with van der Waals surface area (Å²) in [6.45, 7) is 4.13. The first-order valence-electron chi connectivity index (χ1n) is 8.03. The van der Waals surface area contributed by atoms with Crippen LogP contribution in [0.2, 0.25) is 0 Å².